The van der Waals surface area contributed by atoms with Crippen molar-refractivity contribution in [1.29, 1.82) is 0 Å². The standard InChI is InChI=1S/C44H31NOSSi/c1-48(2)41-25-24-36-35-13-7-9-15-40(35)47-44(36)43(41)37-23-21-32(27-42(37)48)45(30-10-4-3-5-11-30)31-19-16-28(17-20-31)29-18-22-34-33-12-6-8-14-38(33)46-39(34)26-29/h3-27H,1-2H3. The van der Waals surface area contributed by atoms with Gasteiger partial charge in [-0.15, -0.1) is 11.3 Å². The molecule has 1 aliphatic heterocycles. The average molecular weight is 650 g/mol. The first-order valence-electron chi connectivity index (χ1n) is 16.5. The maximum absolute atomic E-state index is 6.20. The molecule has 9 aromatic rings. The second-order valence-electron chi connectivity index (χ2n) is 13.3. The molecule has 0 saturated carbocycles. The van der Waals surface area contributed by atoms with Crippen LogP contribution in [0.25, 0.3) is 64.4 Å². The Labute approximate surface area is 284 Å². The molecular formula is C44H31NOSSi. The highest BCUT2D eigenvalue weighted by Crippen LogP contribution is 2.44. The zero-order chi connectivity index (χ0) is 32.0. The van der Waals surface area contributed by atoms with Gasteiger partial charge in [0.05, 0.1) is 0 Å². The van der Waals surface area contributed by atoms with Crippen LogP contribution >= 0.6 is 11.3 Å². The summed E-state index contributed by atoms with van der Waals surface area (Å²) in [5.41, 5.74) is 10.5. The maximum atomic E-state index is 6.20. The van der Waals surface area contributed by atoms with Crippen LogP contribution in [0.15, 0.2) is 156 Å². The molecule has 0 fully saturated rings. The number of benzene rings is 7. The summed E-state index contributed by atoms with van der Waals surface area (Å²) in [4.78, 5) is 2.40. The summed E-state index contributed by atoms with van der Waals surface area (Å²) in [7, 11) is -1.94. The normalized spacial score (nSPS) is 13.4. The summed E-state index contributed by atoms with van der Waals surface area (Å²) < 4.78 is 8.99. The lowest BCUT2D eigenvalue weighted by Gasteiger charge is -2.27. The molecule has 0 atom stereocenters. The van der Waals surface area contributed by atoms with Crippen molar-refractivity contribution in [3.05, 3.63) is 152 Å². The van der Waals surface area contributed by atoms with E-state index in [0.29, 0.717) is 0 Å². The van der Waals surface area contributed by atoms with Crippen molar-refractivity contribution in [2.24, 2.45) is 0 Å². The number of para-hydroxylation sites is 2. The van der Waals surface area contributed by atoms with Crippen molar-refractivity contribution in [2.45, 2.75) is 13.1 Å². The quantitative estimate of drug-likeness (QED) is 0.176. The van der Waals surface area contributed by atoms with Gasteiger partial charge in [-0.2, -0.15) is 0 Å². The second-order valence-corrected chi connectivity index (χ2v) is 18.7. The molecular weight excluding hydrogens is 619 g/mol. The number of hydrogen-bond donors (Lipinski definition) is 0. The molecule has 0 N–H and O–H groups in total. The van der Waals surface area contributed by atoms with E-state index in [1.807, 2.05) is 23.5 Å². The lowest BCUT2D eigenvalue weighted by Crippen LogP contribution is -2.49. The largest absolute Gasteiger partial charge is 0.456 e. The van der Waals surface area contributed by atoms with Gasteiger partial charge in [0.15, 0.2) is 0 Å². The summed E-state index contributed by atoms with van der Waals surface area (Å²) in [5.74, 6) is 0. The molecule has 0 unspecified atom stereocenters. The third-order valence-corrected chi connectivity index (χ3v) is 15.0. The van der Waals surface area contributed by atoms with Crippen LogP contribution in [0.1, 0.15) is 0 Å². The summed E-state index contributed by atoms with van der Waals surface area (Å²) in [6.45, 7) is 5.03. The third kappa shape index (κ3) is 4.03. The Morgan fingerprint density at radius 3 is 2.02 bits per heavy atom. The van der Waals surface area contributed by atoms with Gasteiger partial charge in [-0.1, -0.05) is 104 Å². The molecule has 0 radical (unpaired) electrons. The highest BCUT2D eigenvalue weighted by Gasteiger charge is 2.39. The molecule has 2 aromatic heterocycles. The number of nitrogens with zero attached hydrogens (tertiary/aromatic N) is 1. The molecule has 3 heterocycles. The first-order valence-corrected chi connectivity index (χ1v) is 20.3. The van der Waals surface area contributed by atoms with E-state index in [1.165, 1.54) is 47.7 Å². The van der Waals surface area contributed by atoms with Crippen molar-refractivity contribution < 1.29 is 4.42 Å². The molecule has 0 amide bonds. The highest BCUT2D eigenvalue weighted by atomic mass is 32.1. The Morgan fingerprint density at radius 2 is 1.17 bits per heavy atom. The van der Waals surface area contributed by atoms with Gasteiger partial charge in [-0.25, -0.2) is 0 Å². The van der Waals surface area contributed by atoms with Gasteiger partial charge >= 0.3 is 0 Å². The van der Waals surface area contributed by atoms with Crippen molar-refractivity contribution in [2.75, 3.05) is 4.90 Å². The Bertz CT molecular complexity index is 2700. The summed E-state index contributed by atoms with van der Waals surface area (Å²) in [6, 6.07) is 55.3. The molecule has 0 saturated heterocycles. The Hall–Kier alpha value is -5.42. The second kappa shape index (κ2) is 10.3. The van der Waals surface area contributed by atoms with Crippen LogP contribution < -0.4 is 15.3 Å². The Kier molecular flexibility index (Phi) is 5.93. The molecule has 0 bridgehead atoms. The minimum atomic E-state index is -1.94. The number of hydrogen-bond acceptors (Lipinski definition) is 3. The van der Waals surface area contributed by atoms with Crippen LogP contribution in [0.4, 0.5) is 17.1 Å². The van der Waals surface area contributed by atoms with E-state index in [2.05, 4.69) is 158 Å². The van der Waals surface area contributed by atoms with Crippen molar-refractivity contribution >= 4 is 89.0 Å². The zero-order valence-corrected chi connectivity index (χ0v) is 28.5. The number of anilines is 3. The first kappa shape index (κ1) is 27.7. The van der Waals surface area contributed by atoms with E-state index < -0.39 is 8.07 Å². The lowest BCUT2D eigenvalue weighted by molar-refractivity contribution is 0.669. The molecule has 4 heteroatoms. The predicted molar refractivity (Wildman–Crippen MR) is 209 cm³/mol. The molecule has 1 aliphatic rings. The SMILES string of the molecule is C[Si]1(C)c2cc(N(c3ccccc3)c3ccc(-c4ccc5c(c4)oc4ccccc45)cc3)ccc2-c2c1ccc1c2sc2ccccc21. The van der Waals surface area contributed by atoms with Crippen LogP contribution in [0, 0.1) is 0 Å². The minimum absolute atomic E-state index is 0.919. The van der Waals surface area contributed by atoms with Crippen molar-refractivity contribution in [3.8, 4) is 22.3 Å². The van der Waals surface area contributed by atoms with Gasteiger partial charge in [0, 0.05) is 48.0 Å². The summed E-state index contributed by atoms with van der Waals surface area (Å²) >= 11 is 1.94. The van der Waals surface area contributed by atoms with Gasteiger partial charge in [-0.05, 0) is 93.3 Å². The first-order chi connectivity index (χ1) is 23.5. The molecule has 48 heavy (non-hydrogen) atoms. The van der Waals surface area contributed by atoms with Crippen molar-refractivity contribution in [3.63, 3.8) is 0 Å². The van der Waals surface area contributed by atoms with E-state index in [-0.39, 0.29) is 0 Å². The van der Waals surface area contributed by atoms with E-state index in [4.69, 9.17) is 4.42 Å². The van der Waals surface area contributed by atoms with Crippen LogP contribution in [-0.2, 0) is 0 Å². The van der Waals surface area contributed by atoms with Crippen LogP contribution in [0.3, 0.4) is 0 Å². The van der Waals surface area contributed by atoms with Gasteiger partial charge in [-0.3, -0.25) is 0 Å². The lowest BCUT2D eigenvalue weighted by atomic mass is 10.0. The third-order valence-electron chi connectivity index (χ3n) is 10.3. The van der Waals surface area contributed by atoms with E-state index in [1.54, 1.807) is 5.19 Å². The molecule has 0 spiro atoms. The number of thiophene rings is 1. The smallest absolute Gasteiger partial charge is 0.136 e. The van der Waals surface area contributed by atoms with Crippen LogP contribution in [0.2, 0.25) is 13.1 Å². The highest BCUT2D eigenvalue weighted by molar-refractivity contribution is 7.26. The monoisotopic (exact) mass is 649 g/mol. The number of fused-ring (bicyclic) bond motifs is 10. The Morgan fingerprint density at radius 1 is 0.500 bits per heavy atom. The van der Waals surface area contributed by atoms with Gasteiger partial charge in [0.1, 0.15) is 19.2 Å². The fraction of sp³-hybridized carbons (Fsp3) is 0.0455. The molecule has 228 valence electrons. The fourth-order valence-electron chi connectivity index (χ4n) is 7.86. The van der Waals surface area contributed by atoms with Crippen molar-refractivity contribution in [1.82, 2.24) is 0 Å². The molecule has 10 rings (SSSR count). The predicted octanol–water partition coefficient (Wildman–Crippen LogP) is 11.9. The fourth-order valence-corrected chi connectivity index (χ4v) is 12.3. The number of furan rings is 1. The average Bonchev–Trinajstić information content (AvgIpc) is 3.76. The van der Waals surface area contributed by atoms with Crippen LogP contribution in [-0.4, -0.2) is 8.07 Å². The maximum Gasteiger partial charge on any atom is 0.136 e. The van der Waals surface area contributed by atoms with Gasteiger partial charge in [0.2, 0.25) is 0 Å². The summed E-state index contributed by atoms with van der Waals surface area (Å²) in [5, 5.41) is 8.11. The van der Waals surface area contributed by atoms with E-state index >= 15 is 0 Å². The topological polar surface area (TPSA) is 16.4 Å². The molecule has 0 aliphatic carbocycles. The van der Waals surface area contributed by atoms with E-state index in [0.717, 1.165) is 38.9 Å². The zero-order valence-electron chi connectivity index (χ0n) is 26.7. The molecule has 7 aromatic carbocycles. The number of rotatable bonds is 4. The Balaban J connectivity index is 1.08. The summed E-state index contributed by atoms with van der Waals surface area (Å²) in [6.07, 6.45) is 0. The minimum Gasteiger partial charge on any atom is -0.456 e. The molecule has 2 nitrogen and oxygen atoms in total. The van der Waals surface area contributed by atoms with Gasteiger partial charge < -0.3 is 9.32 Å². The van der Waals surface area contributed by atoms with E-state index in [9.17, 15) is 0 Å². The van der Waals surface area contributed by atoms with Crippen LogP contribution in [0.5, 0.6) is 0 Å². The van der Waals surface area contributed by atoms with Gasteiger partial charge in [0.25, 0.3) is 0 Å².